The first-order valence-corrected chi connectivity index (χ1v) is 8.05. The van der Waals surface area contributed by atoms with E-state index < -0.39 is 0 Å². The standard InChI is InChI=1S/C16H24BrNO/c1-4-9-18-14-11-15(16(14,3)5-2)19-13-8-6-7-12(17)10-13/h6-8,10,14-15,18H,4-5,9,11H2,1-3H3. The number of benzene rings is 1. The number of ether oxygens (including phenoxy) is 1. The van der Waals surface area contributed by atoms with Crippen LogP contribution in [0.3, 0.4) is 0 Å². The molecule has 0 aliphatic heterocycles. The number of nitrogens with one attached hydrogen (secondary N) is 1. The van der Waals surface area contributed by atoms with E-state index in [2.05, 4.69) is 42.0 Å². The molecule has 0 aromatic heterocycles. The largest absolute Gasteiger partial charge is 0.490 e. The summed E-state index contributed by atoms with van der Waals surface area (Å²) in [6.45, 7) is 7.91. The van der Waals surface area contributed by atoms with Gasteiger partial charge in [-0.15, -0.1) is 0 Å². The smallest absolute Gasteiger partial charge is 0.120 e. The highest BCUT2D eigenvalue weighted by Crippen LogP contribution is 2.46. The molecule has 19 heavy (non-hydrogen) atoms. The van der Waals surface area contributed by atoms with Crippen molar-refractivity contribution in [1.29, 1.82) is 0 Å². The molecule has 1 aliphatic rings. The molecule has 1 fully saturated rings. The summed E-state index contributed by atoms with van der Waals surface area (Å²) in [4.78, 5) is 0. The second-order valence-electron chi connectivity index (χ2n) is 5.67. The third-order valence-corrected chi connectivity index (χ3v) is 4.95. The van der Waals surface area contributed by atoms with E-state index in [0.29, 0.717) is 12.1 Å². The molecule has 1 saturated carbocycles. The molecule has 3 heteroatoms. The molecule has 0 heterocycles. The normalized spacial score (nSPS) is 29.9. The number of hydrogen-bond donors (Lipinski definition) is 1. The topological polar surface area (TPSA) is 21.3 Å². The van der Waals surface area contributed by atoms with Crippen LogP contribution >= 0.6 is 15.9 Å². The predicted molar refractivity (Wildman–Crippen MR) is 83.7 cm³/mol. The first kappa shape index (κ1) is 14.9. The van der Waals surface area contributed by atoms with Gasteiger partial charge in [0.25, 0.3) is 0 Å². The molecule has 2 nitrogen and oxygen atoms in total. The van der Waals surface area contributed by atoms with Crippen molar-refractivity contribution < 1.29 is 4.74 Å². The van der Waals surface area contributed by atoms with Gasteiger partial charge in [0.1, 0.15) is 11.9 Å². The molecule has 106 valence electrons. The van der Waals surface area contributed by atoms with Gasteiger partial charge in [0, 0.05) is 22.4 Å². The Morgan fingerprint density at radius 2 is 2.21 bits per heavy atom. The van der Waals surface area contributed by atoms with E-state index in [1.54, 1.807) is 0 Å². The van der Waals surface area contributed by atoms with Gasteiger partial charge < -0.3 is 10.1 Å². The van der Waals surface area contributed by atoms with E-state index in [-0.39, 0.29) is 5.41 Å². The average Bonchev–Trinajstić information content (AvgIpc) is 2.41. The van der Waals surface area contributed by atoms with E-state index in [9.17, 15) is 0 Å². The maximum Gasteiger partial charge on any atom is 0.120 e. The summed E-state index contributed by atoms with van der Waals surface area (Å²) < 4.78 is 7.25. The SMILES string of the molecule is CCCNC1CC(Oc2cccc(Br)c2)C1(C)CC. The van der Waals surface area contributed by atoms with Crippen LogP contribution in [0.5, 0.6) is 5.75 Å². The van der Waals surface area contributed by atoms with Crippen LogP contribution in [0.15, 0.2) is 28.7 Å². The molecule has 3 unspecified atom stereocenters. The van der Waals surface area contributed by atoms with Crippen LogP contribution in [-0.4, -0.2) is 18.7 Å². The Labute approximate surface area is 125 Å². The summed E-state index contributed by atoms with van der Waals surface area (Å²) >= 11 is 3.49. The Balaban J connectivity index is 1.98. The van der Waals surface area contributed by atoms with Crippen LogP contribution in [0.4, 0.5) is 0 Å². The maximum absolute atomic E-state index is 6.18. The summed E-state index contributed by atoms with van der Waals surface area (Å²) in [5.41, 5.74) is 0.248. The van der Waals surface area contributed by atoms with Crippen molar-refractivity contribution in [2.45, 2.75) is 52.2 Å². The lowest BCUT2D eigenvalue weighted by atomic mass is 9.61. The second kappa shape index (κ2) is 6.27. The van der Waals surface area contributed by atoms with E-state index in [1.165, 1.54) is 6.42 Å². The molecule has 0 radical (unpaired) electrons. The third kappa shape index (κ3) is 3.14. The lowest BCUT2D eigenvalue weighted by Gasteiger charge is -2.53. The molecule has 0 amide bonds. The molecule has 3 atom stereocenters. The fraction of sp³-hybridized carbons (Fsp3) is 0.625. The third-order valence-electron chi connectivity index (χ3n) is 4.46. The first-order chi connectivity index (χ1) is 9.10. The van der Waals surface area contributed by atoms with Crippen LogP contribution in [0.2, 0.25) is 0 Å². The van der Waals surface area contributed by atoms with Gasteiger partial charge in [-0.3, -0.25) is 0 Å². The van der Waals surface area contributed by atoms with E-state index in [1.807, 2.05) is 24.3 Å². The minimum Gasteiger partial charge on any atom is -0.490 e. The zero-order chi connectivity index (χ0) is 13.9. The van der Waals surface area contributed by atoms with Crippen LogP contribution in [0, 0.1) is 5.41 Å². The molecular formula is C16H24BrNO. The fourth-order valence-electron chi connectivity index (χ4n) is 2.81. The van der Waals surface area contributed by atoms with Gasteiger partial charge in [0.15, 0.2) is 0 Å². The minimum atomic E-state index is 0.248. The molecule has 0 bridgehead atoms. The van der Waals surface area contributed by atoms with Crippen molar-refractivity contribution in [3.05, 3.63) is 28.7 Å². The van der Waals surface area contributed by atoms with Crippen molar-refractivity contribution in [2.24, 2.45) is 5.41 Å². The highest BCUT2D eigenvalue weighted by Gasteiger charge is 2.51. The van der Waals surface area contributed by atoms with Crippen LogP contribution in [0.25, 0.3) is 0 Å². The molecule has 1 aliphatic carbocycles. The zero-order valence-corrected chi connectivity index (χ0v) is 13.7. The van der Waals surface area contributed by atoms with Gasteiger partial charge in [0.2, 0.25) is 0 Å². The van der Waals surface area contributed by atoms with Crippen LogP contribution in [-0.2, 0) is 0 Å². The summed E-state index contributed by atoms with van der Waals surface area (Å²) in [5.74, 6) is 0.966. The van der Waals surface area contributed by atoms with Crippen molar-refractivity contribution in [3.8, 4) is 5.75 Å². The molecule has 1 aromatic carbocycles. The van der Waals surface area contributed by atoms with Crippen molar-refractivity contribution in [2.75, 3.05) is 6.54 Å². The van der Waals surface area contributed by atoms with Crippen LogP contribution < -0.4 is 10.1 Å². The monoisotopic (exact) mass is 325 g/mol. The highest BCUT2D eigenvalue weighted by molar-refractivity contribution is 9.10. The van der Waals surface area contributed by atoms with E-state index in [4.69, 9.17) is 4.74 Å². The lowest BCUT2D eigenvalue weighted by molar-refractivity contribution is -0.0701. The predicted octanol–water partition coefficient (Wildman–Crippen LogP) is 4.38. The van der Waals surface area contributed by atoms with Gasteiger partial charge in [-0.2, -0.15) is 0 Å². The Morgan fingerprint density at radius 3 is 2.84 bits per heavy atom. The summed E-state index contributed by atoms with van der Waals surface area (Å²) in [5, 5.41) is 3.65. The van der Waals surface area contributed by atoms with Gasteiger partial charge in [0.05, 0.1) is 0 Å². The highest BCUT2D eigenvalue weighted by atomic mass is 79.9. The maximum atomic E-state index is 6.18. The van der Waals surface area contributed by atoms with Crippen molar-refractivity contribution >= 4 is 15.9 Å². The van der Waals surface area contributed by atoms with Gasteiger partial charge in [-0.1, -0.05) is 42.8 Å². The molecule has 0 saturated heterocycles. The average molecular weight is 326 g/mol. The van der Waals surface area contributed by atoms with Gasteiger partial charge >= 0.3 is 0 Å². The summed E-state index contributed by atoms with van der Waals surface area (Å²) in [7, 11) is 0. The van der Waals surface area contributed by atoms with E-state index >= 15 is 0 Å². The van der Waals surface area contributed by atoms with Gasteiger partial charge in [-0.05, 0) is 37.6 Å². The summed E-state index contributed by atoms with van der Waals surface area (Å²) in [6.07, 6.45) is 3.76. The summed E-state index contributed by atoms with van der Waals surface area (Å²) in [6, 6.07) is 8.72. The molecule has 1 N–H and O–H groups in total. The Morgan fingerprint density at radius 1 is 1.42 bits per heavy atom. The van der Waals surface area contributed by atoms with E-state index in [0.717, 1.165) is 29.6 Å². The quantitative estimate of drug-likeness (QED) is 0.837. The van der Waals surface area contributed by atoms with Crippen LogP contribution in [0.1, 0.15) is 40.0 Å². The zero-order valence-electron chi connectivity index (χ0n) is 12.1. The lowest BCUT2D eigenvalue weighted by Crippen LogP contribution is -2.63. The molecule has 1 aromatic rings. The fourth-order valence-corrected chi connectivity index (χ4v) is 3.19. The molecule has 0 spiro atoms. The van der Waals surface area contributed by atoms with Crippen molar-refractivity contribution in [3.63, 3.8) is 0 Å². The van der Waals surface area contributed by atoms with Gasteiger partial charge in [-0.25, -0.2) is 0 Å². The number of halogens is 1. The molecule has 2 rings (SSSR count). The molecular weight excluding hydrogens is 302 g/mol. The Hall–Kier alpha value is -0.540. The number of hydrogen-bond acceptors (Lipinski definition) is 2. The first-order valence-electron chi connectivity index (χ1n) is 7.25. The minimum absolute atomic E-state index is 0.248. The number of rotatable bonds is 6. The second-order valence-corrected chi connectivity index (χ2v) is 6.58. The Kier molecular flexibility index (Phi) is 4.91. The Bertz CT molecular complexity index is 423. The van der Waals surface area contributed by atoms with Crippen molar-refractivity contribution in [1.82, 2.24) is 5.32 Å².